The second-order valence-corrected chi connectivity index (χ2v) is 5.09. The molecule has 0 heterocycles. The summed E-state index contributed by atoms with van der Waals surface area (Å²) in [6, 6.07) is 5.22. The number of ether oxygens (including phenoxy) is 2. The molecular formula is C15H22FNO2. The zero-order chi connectivity index (χ0) is 13.8. The van der Waals surface area contributed by atoms with Gasteiger partial charge in [-0.1, -0.05) is 13.0 Å². The van der Waals surface area contributed by atoms with Gasteiger partial charge >= 0.3 is 0 Å². The number of methoxy groups -OCH3 is 1. The fourth-order valence-electron chi connectivity index (χ4n) is 2.41. The van der Waals surface area contributed by atoms with Crippen LogP contribution in [-0.4, -0.2) is 31.9 Å². The lowest BCUT2D eigenvalue weighted by Crippen LogP contribution is -2.61. The third-order valence-corrected chi connectivity index (χ3v) is 3.54. The van der Waals surface area contributed by atoms with Crippen molar-refractivity contribution in [1.29, 1.82) is 0 Å². The van der Waals surface area contributed by atoms with E-state index in [4.69, 9.17) is 9.47 Å². The van der Waals surface area contributed by atoms with Gasteiger partial charge in [-0.15, -0.1) is 0 Å². The van der Waals surface area contributed by atoms with E-state index < -0.39 is 0 Å². The number of halogens is 1. The number of hydrogen-bond donors (Lipinski definition) is 1. The van der Waals surface area contributed by atoms with Crippen molar-refractivity contribution in [1.82, 2.24) is 5.32 Å². The molecule has 0 saturated heterocycles. The number of hydrogen-bond acceptors (Lipinski definition) is 3. The van der Waals surface area contributed by atoms with Gasteiger partial charge in [-0.25, -0.2) is 4.39 Å². The van der Waals surface area contributed by atoms with Crippen molar-refractivity contribution in [2.75, 3.05) is 13.7 Å². The molecule has 1 aliphatic carbocycles. The molecule has 1 saturated carbocycles. The molecule has 0 radical (unpaired) electrons. The standard InChI is InChI=1S/C15H22FNO2/c1-4-7-17-12-9-14(15(12)18-3)19-13-8-10(2)5-6-11(13)16/h5-6,8,12,14-15,17H,4,7,9H2,1-3H3. The molecule has 0 aromatic heterocycles. The molecule has 0 amide bonds. The molecule has 0 spiro atoms. The van der Waals surface area contributed by atoms with Crippen LogP contribution < -0.4 is 10.1 Å². The first-order chi connectivity index (χ1) is 9.15. The molecule has 0 bridgehead atoms. The van der Waals surface area contributed by atoms with Gasteiger partial charge in [0.2, 0.25) is 0 Å². The summed E-state index contributed by atoms with van der Waals surface area (Å²) < 4.78 is 24.8. The minimum Gasteiger partial charge on any atom is -0.485 e. The highest BCUT2D eigenvalue weighted by atomic mass is 19.1. The van der Waals surface area contributed by atoms with Gasteiger partial charge in [-0.05, 0) is 37.6 Å². The molecule has 106 valence electrons. The normalized spacial score (nSPS) is 26.0. The molecule has 1 aliphatic rings. The van der Waals surface area contributed by atoms with Crippen molar-refractivity contribution < 1.29 is 13.9 Å². The molecular weight excluding hydrogens is 245 g/mol. The van der Waals surface area contributed by atoms with Crippen molar-refractivity contribution in [3.05, 3.63) is 29.6 Å². The van der Waals surface area contributed by atoms with E-state index in [0.717, 1.165) is 24.9 Å². The minimum absolute atomic E-state index is 0.00791. The van der Waals surface area contributed by atoms with E-state index in [1.54, 1.807) is 19.2 Å². The van der Waals surface area contributed by atoms with Crippen molar-refractivity contribution in [3.8, 4) is 5.75 Å². The Morgan fingerprint density at radius 1 is 1.42 bits per heavy atom. The average Bonchev–Trinajstić information content (AvgIpc) is 2.37. The van der Waals surface area contributed by atoms with Gasteiger partial charge in [0, 0.05) is 19.6 Å². The highest BCUT2D eigenvalue weighted by Gasteiger charge is 2.43. The molecule has 1 fully saturated rings. The molecule has 3 atom stereocenters. The van der Waals surface area contributed by atoms with Crippen LogP contribution in [0.25, 0.3) is 0 Å². The predicted molar refractivity (Wildman–Crippen MR) is 73.0 cm³/mol. The first-order valence-corrected chi connectivity index (χ1v) is 6.84. The van der Waals surface area contributed by atoms with Gasteiger partial charge in [0.25, 0.3) is 0 Å². The van der Waals surface area contributed by atoms with Crippen LogP contribution in [0, 0.1) is 12.7 Å². The minimum atomic E-state index is -0.314. The van der Waals surface area contributed by atoms with Gasteiger partial charge in [-0.2, -0.15) is 0 Å². The second kappa shape index (κ2) is 6.35. The van der Waals surface area contributed by atoms with Crippen LogP contribution >= 0.6 is 0 Å². The molecule has 3 unspecified atom stereocenters. The van der Waals surface area contributed by atoms with Gasteiger partial charge in [-0.3, -0.25) is 0 Å². The molecule has 1 N–H and O–H groups in total. The Morgan fingerprint density at radius 2 is 2.21 bits per heavy atom. The third kappa shape index (κ3) is 3.25. The van der Waals surface area contributed by atoms with E-state index in [-0.39, 0.29) is 18.0 Å². The molecule has 1 aromatic rings. The molecule has 3 nitrogen and oxygen atoms in total. The Bertz CT molecular complexity index is 425. The predicted octanol–water partition coefficient (Wildman–Crippen LogP) is 2.67. The number of rotatable bonds is 6. The highest BCUT2D eigenvalue weighted by Crippen LogP contribution is 2.30. The first kappa shape index (κ1) is 14.3. The van der Waals surface area contributed by atoms with Crippen molar-refractivity contribution in [2.24, 2.45) is 0 Å². The zero-order valence-corrected chi connectivity index (χ0v) is 11.8. The maximum absolute atomic E-state index is 13.6. The van der Waals surface area contributed by atoms with Gasteiger partial charge in [0.05, 0.1) is 0 Å². The maximum atomic E-state index is 13.6. The van der Waals surface area contributed by atoms with Crippen LogP contribution in [-0.2, 0) is 4.74 Å². The van der Waals surface area contributed by atoms with Crippen molar-refractivity contribution >= 4 is 0 Å². The Balaban J connectivity index is 1.95. The molecule has 19 heavy (non-hydrogen) atoms. The van der Waals surface area contributed by atoms with E-state index in [1.165, 1.54) is 6.07 Å². The smallest absolute Gasteiger partial charge is 0.165 e. The average molecular weight is 267 g/mol. The fraction of sp³-hybridized carbons (Fsp3) is 0.600. The van der Waals surface area contributed by atoms with E-state index in [1.807, 2.05) is 6.92 Å². The number of benzene rings is 1. The quantitative estimate of drug-likeness (QED) is 0.859. The van der Waals surface area contributed by atoms with Crippen LogP contribution in [0.4, 0.5) is 4.39 Å². The maximum Gasteiger partial charge on any atom is 0.165 e. The van der Waals surface area contributed by atoms with E-state index in [2.05, 4.69) is 12.2 Å². The van der Waals surface area contributed by atoms with Crippen LogP contribution in [0.1, 0.15) is 25.3 Å². The molecule has 4 heteroatoms. The summed E-state index contributed by atoms with van der Waals surface area (Å²) in [5.41, 5.74) is 0.991. The van der Waals surface area contributed by atoms with Gasteiger partial charge < -0.3 is 14.8 Å². The summed E-state index contributed by atoms with van der Waals surface area (Å²) in [6.45, 7) is 5.02. The summed E-state index contributed by atoms with van der Waals surface area (Å²) in [7, 11) is 1.67. The Kier molecular flexibility index (Phi) is 4.77. The van der Waals surface area contributed by atoms with E-state index in [9.17, 15) is 4.39 Å². The Hall–Kier alpha value is -1.13. The van der Waals surface area contributed by atoms with E-state index >= 15 is 0 Å². The Morgan fingerprint density at radius 3 is 2.89 bits per heavy atom. The highest BCUT2D eigenvalue weighted by molar-refractivity contribution is 5.30. The van der Waals surface area contributed by atoms with Crippen LogP contribution in [0.15, 0.2) is 18.2 Å². The van der Waals surface area contributed by atoms with Crippen molar-refractivity contribution in [2.45, 2.75) is 44.9 Å². The Labute approximate surface area is 114 Å². The van der Waals surface area contributed by atoms with Crippen LogP contribution in [0.2, 0.25) is 0 Å². The summed E-state index contributed by atoms with van der Waals surface area (Å²) in [5.74, 6) is 0.00594. The third-order valence-electron chi connectivity index (χ3n) is 3.54. The SMILES string of the molecule is CCCNC1CC(Oc2cc(C)ccc2F)C1OC. The number of aryl methyl sites for hydroxylation is 1. The summed E-state index contributed by atoms with van der Waals surface area (Å²) in [4.78, 5) is 0. The lowest BCUT2D eigenvalue weighted by Gasteiger charge is -2.43. The topological polar surface area (TPSA) is 30.5 Å². The lowest BCUT2D eigenvalue weighted by atomic mass is 9.85. The number of nitrogens with one attached hydrogen (secondary N) is 1. The zero-order valence-electron chi connectivity index (χ0n) is 11.8. The molecule has 1 aromatic carbocycles. The van der Waals surface area contributed by atoms with Gasteiger partial charge in [0.15, 0.2) is 11.6 Å². The first-order valence-electron chi connectivity index (χ1n) is 6.84. The summed E-state index contributed by atoms with van der Waals surface area (Å²) in [5, 5.41) is 3.41. The second-order valence-electron chi connectivity index (χ2n) is 5.09. The monoisotopic (exact) mass is 267 g/mol. The summed E-state index contributed by atoms with van der Waals surface area (Å²) >= 11 is 0. The lowest BCUT2D eigenvalue weighted by molar-refractivity contribution is -0.0897. The molecule has 0 aliphatic heterocycles. The fourth-order valence-corrected chi connectivity index (χ4v) is 2.41. The van der Waals surface area contributed by atoms with Crippen LogP contribution in [0.5, 0.6) is 5.75 Å². The van der Waals surface area contributed by atoms with Gasteiger partial charge in [0.1, 0.15) is 12.2 Å². The van der Waals surface area contributed by atoms with E-state index in [0.29, 0.717) is 11.8 Å². The van der Waals surface area contributed by atoms with Crippen molar-refractivity contribution in [3.63, 3.8) is 0 Å². The largest absolute Gasteiger partial charge is 0.485 e. The molecule has 2 rings (SSSR count). The van der Waals surface area contributed by atoms with Crippen LogP contribution in [0.3, 0.4) is 0 Å². The summed E-state index contributed by atoms with van der Waals surface area (Å²) in [6.07, 6.45) is 1.86.